The highest BCUT2D eigenvalue weighted by Crippen LogP contribution is 2.48. The molecule has 2 aromatic carbocycles. The van der Waals surface area contributed by atoms with Crippen molar-refractivity contribution in [2.45, 2.75) is 77.0 Å². The van der Waals surface area contributed by atoms with Gasteiger partial charge in [-0.3, -0.25) is 0 Å². The predicted molar refractivity (Wildman–Crippen MR) is 141 cm³/mol. The van der Waals surface area contributed by atoms with Crippen LogP contribution in [0.4, 0.5) is 4.39 Å². The highest BCUT2D eigenvalue weighted by Gasteiger charge is 2.36. The molecule has 3 heteroatoms. The summed E-state index contributed by atoms with van der Waals surface area (Å²) in [7, 11) is 0. The first-order chi connectivity index (χ1) is 17.1. The second-order valence-corrected chi connectivity index (χ2v) is 10.5. The van der Waals surface area contributed by atoms with Gasteiger partial charge in [0.05, 0.1) is 5.56 Å². The Kier molecular flexibility index (Phi) is 8.95. The van der Waals surface area contributed by atoms with Gasteiger partial charge in [-0.05, 0) is 124 Å². The van der Waals surface area contributed by atoms with E-state index in [1.54, 1.807) is 24.3 Å². The fraction of sp³-hybridized carbons (Fsp3) is 0.469. The van der Waals surface area contributed by atoms with Crippen molar-refractivity contribution < 1.29 is 13.9 Å². The van der Waals surface area contributed by atoms with E-state index in [1.807, 2.05) is 37.3 Å². The van der Waals surface area contributed by atoms with Gasteiger partial charge in [0.25, 0.3) is 0 Å². The van der Waals surface area contributed by atoms with Gasteiger partial charge in [0, 0.05) is 0 Å². The van der Waals surface area contributed by atoms with Crippen LogP contribution >= 0.6 is 0 Å². The molecule has 0 radical (unpaired) electrons. The van der Waals surface area contributed by atoms with E-state index >= 15 is 0 Å². The van der Waals surface area contributed by atoms with Gasteiger partial charge in [0.2, 0.25) is 0 Å². The number of ether oxygens (including phenoxy) is 1. The van der Waals surface area contributed by atoms with Crippen molar-refractivity contribution in [2.24, 2.45) is 17.8 Å². The molecule has 0 spiro atoms. The summed E-state index contributed by atoms with van der Waals surface area (Å²) in [6, 6.07) is 12.6. The molecule has 0 N–H and O–H groups in total. The van der Waals surface area contributed by atoms with Crippen molar-refractivity contribution in [2.75, 3.05) is 0 Å². The summed E-state index contributed by atoms with van der Waals surface area (Å²) in [5, 5.41) is 0. The summed E-state index contributed by atoms with van der Waals surface area (Å²) in [6.07, 6.45) is 18.0. The summed E-state index contributed by atoms with van der Waals surface area (Å²) >= 11 is 0. The minimum atomic E-state index is -0.641. The first-order valence-corrected chi connectivity index (χ1v) is 13.4. The van der Waals surface area contributed by atoms with E-state index in [0.29, 0.717) is 11.7 Å². The maximum atomic E-state index is 15.0. The zero-order valence-corrected chi connectivity index (χ0v) is 21.1. The van der Waals surface area contributed by atoms with Crippen LogP contribution in [0.1, 0.15) is 92.1 Å². The molecule has 186 valence electrons. The molecule has 35 heavy (non-hydrogen) atoms. The van der Waals surface area contributed by atoms with Crippen LogP contribution in [0.25, 0.3) is 0 Å². The van der Waals surface area contributed by atoms with Gasteiger partial charge in [-0.15, -0.1) is 6.58 Å². The number of fused-ring (bicyclic) bond motifs is 1. The van der Waals surface area contributed by atoms with E-state index in [0.717, 1.165) is 55.4 Å². The Labute approximate surface area is 210 Å². The van der Waals surface area contributed by atoms with Gasteiger partial charge in [0.15, 0.2) is 0 Å². The average molecular weight is 475 g/mol. The SMILES string of the molecule is C=CCCC1CCC2CC(c3ccc(C(=O)Oc4ccc(CC/C=C/C)cc4)c(F)c3)CCC2C1. The number of allylic oxidation sites excluding steroid dienone is 3. The quantitative estimate of drug-likeness (QED) is 0.206. The standard InChI is InChI=1S/C32H39FO2/c1-3-5-7-9-23-11-17-29(18-12-23)35-32(34)30-19-16-28(22-31(30)33)27-15-14-25-20-24(8-6-4-2)10-13-26(25)21-27/h3-5,11-12,16-19,22,24-27H,2,6-10,13-15,20-21H2,1H3/b5-3+. The van der Waals surface area contributed by atoms with Gasteiger partial charge in [-0.2, -0.15) is 0 Å². The minimum absolute atomic E-state index is 0.00215. The van der Waals surface area contributed by atoms with Crippen LogP contribution in [0, 0.1) is 23.6 Å². The predicted octanol–water partition coefficient (Wildman–Crippen LogP) is 8.82. The molecule has 0 heterocycles. The first kappa shape index (κ1) is 25.4. The maximum Gasteiger partial charge on any atom is 0.346 e. The molecule has 2 aliphatic rings. The van der Waals surface area contributed by atoms with E-state index in [1.165, 1.54) is 37.7 Å². The topological polar surface area (TPSA) is 26.3 Å². The molecule has 2 aliphatic carbocycles. The molecule has 0 saturated heterocycles. The lowest BCUT2D eigenvalue weighted by molar-refractivity contribution is 0.0729. The van der Waals surface area contributed by atoms with Crippen molar-refractivity contribution in [3.63, 3.8) is 0 Å². The fourth-order valence-corrected chi connectivity index (χ4v) is 6.16. The lowest BCUT2D eigenvalue weighted by Gasteiger charge is -2.42. The molecule has 4 unspecified atom stereocenters. The first-order valence-electron chi connectivity index (χ1n) is 13.4. The second kappa shape index (κ2) is 12.3. The van der Waals surface area contributed by atoms with Crippen molar-refractivity contribution >= 4 is 5.97 Å². The zero-order valence-electron chi connectivity index (χ0n) is 21.1. The summed E-state index contributed by atoms with van der Waals surface area (Å²) < 4.78 is 20.4. The van der Waals surface area contributed by atoms with E-state index in [9.17, 15) is 9.18 Å². The fourth-order valence-electron chi connectivity index (χ4n) is 6.16. The van der Waals surface area contributed by atoms with E-state index < -0.39 is 11.8 Å². The van der Waals surface area contributed by atoms with E-state index in [2.05, 4.69) is 12.7 Å². The lowest BCUT2D eigenvalue weighted by Crippen LogP contribution is -2.30. The van der Waals surface area contributed by atoms with Crippen molar-refractivity contribution in [3.8, 4) is 5.75 Å². The summed E-state index contributed by atoms with van der Waals surface area (Å²) in [6.45, 7) is 5.88. The molecular weight excluding hydrogens is 435 g/mol. The van der Waals surface area contributed by atoms with E-state index in [-0.39, 0.29) is 5.56 Å². The molecule has 4 atom stereocenters. The average Bonchev–Trinajstić information content (AvgIpc) is 2.88. The van der Waals surface area contributed by atoms with Crippen molar-refractivity contribution in [1.82, 2.24) is 0 Å². The Bertz CT molecular complexity index is 1020. The molecule has 2 nitrogen and oxygen atoms in total. The molecular formula is C32H39FO2. The number of esters is 1. The van der Waals surface area contributed by atoms with Crippen LogP contribution < -0.4 is 4.74 Å². The third-order valence-corrected chi connectivity index (χ3v) is 8.15. The summed E-state index contributed by atoms with van der Waals surface area (Å²) in [4.78, 5) is 12.6. The number of benzene rings is 2. The lowest BCUT2D eigenvalue weighted by atomic mass is 9.63. The van der Waals surface area contributed by atoms with Gasteiger partial charge in [-0.1, -0.05) is 42.8 Å². The maximum absolute atomic E-state index is 15.0. The molecule has 2 aromatic rings. The monoisotopic (exact) mass is 474 g/mol. The van der Waals surface area contributed by atoms with Crippen molar-refractivity contribution in [1.29, 1.82) is 0 Å². The zero-order chi connectivity index (χ0) is 24.6. The molecule has 0 aromatic heterocycles. The Morgan fingerprint density at radius 3 is 2.54 bits per heavy atom. The summed E-state index contributed by atoms with van der Waals surface area (Å²) in [5.41, 5.74) is 2.21. The number of aryl methyl sites for hydroxylation is 1. The normalized spacial score (nSPS) is 24.2. The molecule has 0 bridgehead atoms. The van der Waals surface area contributed by atoms with Crippen LogP contribution in [-0.2, 0) is 6.42 Å². The smallest absolute Gasteiger partial charge is 0.346 e. The number of carbonyl (C=O) groups excluding carboxylic acids is 1. The Morgan fingerprint density at radius 1 is 1.03 bits per heavy atom. The highest BCUT2D eigenvalue weighted by molar-refractivity contribution is 5.91. The third-order valence-electron chi connectivity index (χ3n) is 8.15. The van der Waals surface area contributed by atoms with Crippen LogP contribution in [-0.4, -0.2) is 5.97 Å². The Hall–Kier alpha value is -2.68. The van der Waals surface area contributed by atoms with Crippen molar-refractivity contribution in [3.05, 3.63) is 89.8 Å². The van der Waals surface area contributed by atoms with E-state index in [4.69, 9.17) is 4.74 Å². The third kappa shape index (κ3) is 6.72. The second-order valence-electron chi connectivity index (χ2n) is 10.5. The Morgan fingerprint density at radius 2 is 1.80 bits per heavy atom. The van der Waals surface area contributed by atoms with Gasteiger partial charge < -0.3 is 4.74 Å². The van der Waals surface area contributed by atoms with Crippen LogP contribution in [0.2, 0.25) is 0 Å². The molecule has 0 amide bonds. The Balaban J connectivity index is 1.33. The van der Waals surface area contributed by atoms with Gasteiger partial charge in [-0.25, -0.2) is 9.18 Å². The van der Waals surface area contributed by atoms with Crippen LogP contribution in [0.5, 0.6) is 5.75 Å². The number of rotatable bonds is 9. The van der Waals surface area contributed by atoms with Gasteiger partial charge in [0.1, 0.15) is 11.6 Å². The summed E-state index contributed by atoms with van der Waals surface area (Å²) in [5.74, 6) is 2.13. The van der Waals surface area contributed by atoms with Crippen LogP contribution in [0.15, 0.2) is 67.3 Å². The number of hydrogen-bond donors (Lipinski definition) is 0. The minimum Gasteiger partial charge on any atom is -0.423 e. The molecule has 4 rings (SSSR count). The molecule has 2 saturated carbocycles. The number of hydrogen-bond acceptors (Lipinski definition) is 2. The molecule has 0 aliphatic heterocycles. The van der Waals surface area contributed by atoms with Crippen LogP contribution in [0.3, 0.4) is 0 Å². The van der Waals surface area contributed by atoms with Gasteiger partial charge >= 0.3 is 5.97 Å². The molecule has 2 fully saturated rings. The number of carbonyl (C=O) groups is 1. The largest absolute Gasteiger partial charge is 0.423 e. The highest BCUT2D eigenvalue weighted by atomic mass is 19.1. The number of halogens is 1.